The van der Waals surface area contributed by atoms with Gasteiger partial charge in [0.05, 0.1) is 12.6 Å². The van der Waals surface area contributed by atoms with Crippen LogP contribution in [0.2, 0.25) is 0 Å². The lowest BCUT2D eigenvalue weighted by Gasteiger charge is -2.05. The third-order valence-corrected chi connectivity index (χ3v) is 2.44. The highest BCUT2D eigenvalue weighted by atomic mass is 16.3. The van der Waals surface area contributed by atoms with Gasteiger partial charge >= 0.3 is 0 Å². The second-order valence-electron chi connectivity index (χ2n) is 3.46. The first-order chi connectivity index (χ1) is 6.70. The lowest BCUT2D eigenvalue weighted by Crippen LogP contribution is -2.19. The molecule has 0 spiro atoms. The fourth-order valence-corrected chi connectivity index (χ4v) is 1.70. The highest BCUT2D eigenvalue weighted by molar-refractivity contribution is 5.93. The van der Waals surface area contributed by atoms with Gasteiger partial charge in [-0.15, -0.1) is 0 Å². The molecule has 1 atom stereocenters. The Hall–Kier alpha value is -1.55. The molecule has 4 heteroatoms. The maximum absolute atomic E-state index is 10.9. The molecule has 1 aromatic carbocycles. The van der Waals surface area contributed by atoms with Gasteiger partial charge in [0.2, 0.25) is 5.91 Å². The number of amides is 1. The average Bonchev–Trinajstić information content (AvgIpc) is 2.58. The molecule has 0 saturated heterocycles. The Kier molecular flexibility index (Phi) is 2.13. The molecular formula is C10H12N2O2. The van der Waals surface area contributed by atoms with E-state index in [0.29, 0.717) is 5.56 Å². The van der Waals surface area contributed by atoms with Gasteiger partial charge in [0, 0.05) is 11.3 Å². The number of benzene rings is 1. The smallest absolute Gasteiger partial charge is 0.248 e. The first-order valence-electron chi connectivity index (χ1n) is 4.51. The van der Waals surface area contributed by atoms with Gasteiger partial charge in [-0.05, 0) is 30.2 Å². The third-order valence-electron chi connectivity index (χ3n) is 2.44. The van der Waals surface area contributed by atoms with Crippen LogP contribution in [0.1, 0.15) is 15.9 Å². The standard InChI is InChI=1S/C10H12N2O2/c11-10(14)6-1-2-9-7(3-6)4-8(5-13)12-9/h1-3,8,12-13H,4-5H2,(H2,11,14)/t8-/m0/s1. The van der Waals surface area contributed by atoms with Crippen LogP contribution < -0.4 is 11.1 Å². The highest BCUT2D eigenvalue weighted by Gasteiger charge is 2.20. The molecule has 74 valence electrons. The molecule has 0 bridgehead atoms. The molecule has 0 unspecified atom stereocenters. The average molecular weight is 192 g/mol. The molecule has 1 heterocycles. The second-order valence-corrected chi connectivity index (χ2v) is 3.46. The van der Waals surface area contributed by atoms with Crippen molar-refractivity contribution >= 4 is 11.6 Å². The van der Waals surface area contributed by atoms with Crippen molar-refractivity contribution in [3.8, 4) is 0 Å². The molecule has 0 aliphatic carbocycles. The Morgan fingerprint density at radius 1 is 1.64 bits per heavy atom. The summed E-state index contributed by atoms with van der Waals surface area (Å²) in [5, 5.41) is 12.1. The summed E-state index contributed by atoms with van der Waals surface area (Å²) in [4.78, 5) is 10.9. The van der Waals surface area contributed by atoms with E-state index in [4.69, 9.17) is 10.8 Å². The van der Waals surface area contributed by atoms with Crippen molar-refractivity contribution in [2.45, 2.75) is 12.5 Å². The van der Waals surface area contributed by atoms with Crippen molar-refractivity contribution in [3.05, 3.63) is 29.3 Å². The Morgan fingerprint density at radius 3 is 3.07 bits per heavy atom. The van der Waals surface area contributed by atoms with Gasteiger partial charge in [0.1, 0.15) is 0 Å². The maximum Gasteiger partial charge on any atom is 0.248 e. The molecule has 2 rings (SSSR count). The number of aliphatic hydroxyl groups excluding tert-OH is 1. The van der Waals surface area contributed by atoms with Gasteiger partial charge in [-0.25, -0.2) is 0 Å². The molecule has 0 radical (unpaired) electrons. The predicted molar refractivity (Wildman–Crippen MR) is 53.2 cm³/mol. The predicted octanol–water partition coefficient (Wildman–Crippen LogP) is 0.114. The molecule has 0 saturated carbocycles. The van der Waals surface area contributed by atoms with E-state index in [-0.39, 0.29) is 12.6 Å². The largest absolute Gasteiger partial charge is 0.394 e. The Balaban J connectivity index is 2.31. The fraction of sp³-hybridized carbons (Fsp3) is 0.300. The zero-order chi connectivity index (χ0) is 10.1. The zero-order valence-corrected chi connectivity index (χ0v) is 7.66. The van der Waals surface area contributed by atoms with Crippen molar-refractivity contribution in [1.29, 1.82) is 0 Å². The maximum atomic E-state index is 10.9. The number of nitrogens with two attached hydrogens (primary N) is 1. The second kappa shape index (κ2) is 3.31. The van der Waals surface area contributed by atoms with Crippen LogP contribution in [-0.4, -0.2) is 23.7 Å². The van der Waals surface area contributed by atoms with Gasteiger partial charge in [0.15, 0.2) is 0 Å². The molecule has 0 aromatic heterocycles. The molecular weight excluding hydrogens is 180 g/mol. The van der Waals surface area contributed by atoms with E-state index in [1.807, 2.05) is 6.07 Å². The van der Waals surface area contributed by atoms with E-state index in [9.17, 15) is 4.79 Å². The molecule has 1 amide bonds. The van der Waals surface area contributed by atoms with Crippen LogP contribution in [0, 0.1) is 0 Å². The van der Waals surface area contributed by atoms with E-state index in [1.54, 1.807) is 12.1 Å². The number of primary amides is 1. The number of aliphatic hydroxyl groups is 1. The Morgan fingerprint density at radius 2 is 2.43 bits per heavy atom. The minimum Gasteiger partial charge on any atom is -0.394 e. The summed E-state index contributed by atoms with van der Waals surface area (Å²) in [7, 11) is 0. The summed E-state index contributed by atoms with van der Waals surface area (Å²) in [6.45, 7) is 0.0978. The van der Waals surface area contributed by atoms with Crippen molar-refractivity contribution in [2.24, 2.45) is 5.73 Å². The normalized spacial score (nSPS) is 18.8. The highest BCUT2D eigenvalue weighted by Crippen LogP contribution is 2.26. The summed E-state index contributed by atoms with van der Waals surface area (Å²) in [5.74, 6) is -0.416. The van der Waals surface area contributed by atoms with Crippen molar-refractivity contribution in [3.63, 3.8) is 0 Å². The van der Waals surface area contributed by atoms with Gasteiger partial charge in [-0.3, -0.25) is 4.79 Å². The van der Waals surface area contributed by atoms with E-state index in [1.165, 1.54) is 0 Å². The van der Waals surface area contributed by atoms with Crippen molar-refractivity contribution in [1.82, 2.24) is 0 Å². The molecule has 0 fully saturated rings. The summed E-state index contributed by atoms with van der Waals surface area (Å²) in [6.07, 6.45) is 0.743. The van der Waals surface area contributed by atoms with E-state index < -0.39 is 5.91 Å². The third kappa shape index (κ3) is 1.44. The van der Waals surface area contributed by atoms with E-state index in [2.05, 4.69) is 5.32 Å². The van der Waals surface area contributed by atoms with Crippen LogP contribution in [-0.2, 0) is 6.42 Å². The van der Waals surface area contributed by atoms with Crippen LogP contribution >= 0.6 is 0 Å². The van der Waals surface area contributed by atoms with Crippen LogP contribution in [0.4, 0.5) is 5.69 Å². The zero-order valence-electron chi connectivity index (χ0n) is 7.66. The van der Waals surface area contributed by atoms with E-state index >= 15 is 0 Å². The lowest BCUT2D eigenvalue weighted by molar-refractivity contribution is 0.1000. The molecule has 4 nitrogen and oxygen atoms in total. The van der Waals surface area contributed by atoms with E-state index in [0.717, 1.165) is 17.7 Å². The number of rotatable bonds is 2. The van der Waals surface area contributed by atoms with Gasteiger partial charge in [0.25, 0.3) is 0 Å². The number of anilines is 1. The number of hydrogen-bond donors (Lipinski definition) is 3. The number of fused-ring (bicyclic) bond motifs is 1. The van der Waals surface area contributed by atoms with Gasteiger partial charge in [-0.1, -0.05) is 0 Å². The minimum atomic E-state index is -0.416. The number of hydrogen-bond acceptors (Lipinski definition) is 3. The Labute approximate surface area is 81.7 Å². The number of carbonyl (C=O) groups excluding carboxylic acids is 1. The van der Waals surface area contributed by atoms with Crippen LogP contribution in [0.15, 0.2) is 18.2 Å². The molecule has 1 aliphatic rings. The number of carbonyl (C=O) groups is 1. The quantitative estimate of drug-likeness (QED) is 0.622. The Bertz CT molecular complexity index is 376. The summed E-state index contributed by atoms with van der Waals surface area (Å²) >= 11 is 0. The summed E-state index contributed by atoms with van der Waals surface area (Å²) in [5.41, 5.74) is 7.71. The topological polar surface area (TPSA) is 75.4 Å². The lowest BCUT2D eigenvalue weighted by atomic mass is 10.1. The molecule has 1 aliphatic heterocycles. The summed E-state index contributed by atoms with van der Waals surface area (Å²) in [6, 6.07) is 5.35. The van der Waals surface area contributed by atoms with Crippen LogP contribution in [0.5, 0.6) is 0 Å². The fourth-order valence-electron chi connectivity index (χ4n) is 1.70. The van der Waals surface area contributed by atoms with Gasteiger partial charge < -0.3 is 16.2 Å². The first kappa shape index (κ1) is 9.02. The molecule has 14 heavy (non-hydrogen) atoms. The van der Waals surface area contributed by atoms with Crippen molar-refractivity contribution in [2.75, 3.05) is 11.9 Å². The van der Waals surface area contributed by atoms with Gasteiger partial charge in [-0.2, -0.15) is 0 Å². The molecule has 1 aromatic rings. The number of nitrogens with one attached hydrogen (secondary N) is 1. The first-order valence-corrected chi connectivity index (χ1v) is 4.51. The van der Waals surface area contributed by atoms with Crippen LogP contribution in [0.25, 0.3) is 0 Å². The van der Waals surface area contributed by atoms with Crippen molar-refractivity contribution < 1.29 is 9.90 Å². The van der Waals surface area contributed by atoms with Crippen LogP contribution in [0.3, 0.4) is 0 Å². The monoisotopic (exact) mass is 192 g/mol. The molecule has 4 N–H and O–H groups in total. The minimum absolute atomic E-state index is 0.0631. The SMILES string of the molecule is NC(=O)c1ccc2c(c1)C[C@@H](CO)N2. The summed E-state index contributed by atoms with van der Waals surface area (Å²) < 4.78 is 0.